The maximum absolute atomic E-state index is 11.3. The lowest BCUT2D eigenvalue weighted by Crippen LogP contribution is -2.41. The molecule has 1 aromatic rings. The Labute approximate surface area is 103 Å². The Hall–Kier alpha value is -1.31. The first-order valence-electron chi connectivity index (χ1n) is 6.63. The molecule has 1 saturated carbocycles. The monoisotopic (exact) mass is 229 g/mol. The summed E-state index contributed by atoms with van der Waals surface area (Å²) >= 11 is 0. The molecule has 3 rings (SSSR count). The second-order valence-electron chi connectivity index (χ2n) is 5.36. The molecule has 0 radical (unpaired) electrons. The zero-order valence-electron chi connectivity index (χ0n) is 10.4. The molecule has 0 amide bonds. The van der Waals surface area contributed by atoms with Crippen LogP contribution in [0.4, 0.5) is 5.69 Å². The Kier molecular flexibility index (Phi) is 2.65. The standard InChI is InChI=1S/C15H19NO/c1-11-10-12-4-2-3-5-15(12)16(11)13-6-8-14(17)9-7-13/h2-5,11,13H,6-10H2,1H3. The fourth-order valence-electron chi connectivity index (χ4n) is 3.35. The van der Waals surface area contributed by atoms with E-state index in [-0.39, 0.29) is 0 Å². The number of hydrogen-bond donors (Lipinski definition) is 0. The van der Waals surface area contributed by atoms with E-state index in [9.17, 15) is 4.79 Å². The maximum Gasteiger partial charge on any atom is 0.133 e. The van der Waals surface area contributed by atoms with Crippen molar-refractivity contribution in [2.24, 2.45) is 0 Å². The highest BCUT2D eigenvalue weighted by Crippen LogP contribution is 2.36. The molecule has 90 valence electrons. The predicted octanol–water partition coefficient (Wildman–Crippen LogP) is 2.95. The van der Waals surface area contributed by atoms with E-state index in [1.807, 2.05) is 0 Å². The summed E-state index contributed by atoms with van der Waals surface area (Å²) in [6.07, 6.45) is 4.78. The van der Waals surface area contributed by atoms with Gasteiger partial charge < -0.3 is 4.90 Å². The highest BCUT2D eigenvalue weighted by atomic mass is 16.1. The Morgan fingerprint density at radius 1 is 1.18 bits per heavy atom. The van der Waals surface area contributed by atoms with E-state index in [2.05, 4.69) is 36.1 Å². The third-order valence-corrected chi connectivity index (χ3v) is 4.17. The number of fused-ring (bicyclic) bond motifs is 1. The van der Waals surface area contributed by atoms with Gasteiger partial charge in [0.25, 0.3) is 0 Å². The van der Waals surface area contributed by atoms with Crippen molar-refractivity contribution >= 4 is 11.5 Å². The molecule has 0 bridgehead atoms. The van der Waals surface area contributed by atoms with Crippen LogP contribution in [-0.2, 0) is 11.2 Å². The molecule has 0 spiro atoms. The van der Waals surface area contributed by atoms with Gasteiger partial charge in [0.1, 0.15) is 5.78 Å². The van der Waals surface area contributed by atoms with Crippen LogP contribution in [0.2, 0.25) is 0 Å². The molecule has 1 aromatic carbocycles. The summed E-state index contributed by atoms with van der Waals surface area (Å²) in [6, 6.07) is 9.88. The molecule has 1 atom stereocenters. The molecule has 2 aliphatic rings. The lowest BCUT2D eigenvalue weighted by atomic mass is 9.92. The zero-order chi connectivity index (χ0) is 11.8. The number of rotatable bonds is 1. The van der Waals surface area contributed by atoms with Crippen molar-refractivity contribution in [2.45, 2.75) is 51.1 Å². The average Bonchev–Trinajstić information content (AvgIpc) is 2.66. The molecular weight excluding hydrogens is 210 g/mol. The van der Waals surface area contributed by atoms with E-state index in [0.717, 1.165) is 32.1 Å². The van der Waals surface area contributed by atoms with Gasteiger partial charge in [0.2, 0.25) is 0 Å². The van der Waals surface area contributed by atoms with Crippen LogP contribution in [-0.4, -0.2) is 17.9 Å². The molecule has 0 saturated heterocycles. The first kappa shape index (κ1) is 10.8. The largest absolute Gasteiger partial charge is 0.365 e. The molecule has 2 nitrogen and oxygen atoms in total. The zero-order valence-corrected chi connectivity index (χ0v) is 10.4. The maximum atomic E-state index is 11.3. The summed E-state index contributed by atoms with van der Waals surface area (Å²) in [5, 5.41) is 0. The van der Waals surface area contributed by atoms with E-state index in [1.54, 1.807) is 0 Å². The number of ketones is 1. The quantitative estimate of drug-likeness (QED) is 0.738. The summed E-state index contributed by atoms with van der Waals surface area (Å²) in [6.45, 7) is 2.30. The Bertz CT molecular complexity index is 430. The van der Waals surface area contributed by atoms with E-state index >= 15 is 0 Å². The highest BCUT2D eigenvalue weighted by molar-refractivity contribution is 5.79. The Morgan fingerprint density at radius 3 is 2.65 bits per heavy atom. The van der Waals surface area contributed by atoms with E-state index in [1.165, 1.54) is 11.3 Å². The van der Waals surface area contributed by atoms with Gasteiger partial charge in [-0.25, -0.2) is 0 Å². The topological polar surface area (TPSA) is 20.3 Å². The van der Waals surface area contributed by atoms with Crippen molar-refractivity contribution in [1.82, 2.24) is 0 Å². The van der Waals surface area contributed by atoms with E-state index in [0.29, 0.717) is 17.9 Å². The minimum Gasteiger partial charge on any atom is -0.365 e. The number of benzene rings is 1. The Balaban J connectivity index is 1.85. The van der Waals surface area contributed by atoms with Crippen molar-refractivity contribution in [3.05, 3.63) is 29.8 Å². The molecule has 0 aromatic heterocycles. The second kappa shape index (κ2) is 4.17. The van der Waals surface area contributed by atoms with Gasteiger partial charge in [0.15, 0.2) is 0 Å². The van der Waals surface area contributed by atoms with Crippen LogP contribution < -0.4 is 4.90 Å². The van der Waals surface area contributed by atoms with Crippen LogP contribution in [0.5, 0.6) is 0 Å². The lowest BCUT2D eigenvalue weighted by molar-refractivity contribution is -0.120. The van der Waals surface area contributed by atoms with Crippen molar-refractivity contribution in [3.8, 4) is 0 Å². The predicted molar refractivity (Wildman–Crippen MR) is 69.4 cm³/mol. The van der Waals surface area contributed by atoms with Gasteiger partial charge in [0, 0.05) is 30.6 Å². The fourth-order valence-corrected chi connectivity index (χ4v) is 3.35. The van der Waals surface area contributed by atoms with Gasteiger partial charge in [-0.15, -0.1) is 0 Å². The number of carbonyl (C=O) groups excluding carboxylic acids is 1. The van der Waals surface area contributed by atoms with Crippen LogP contribution in [0, 0.1) is 0 Å². The summed E-state index contributed by atoms with van der Waals surface area (Å²) in [4.78, 5) is 13.9. The molecule has 0 N–H and O–H groups in total. The van der Waals surface area contributed by atoms with Crippen molar-refractivity contribution in [2.75, 3.05) is 4.90 Å². The lowest BCUT2D eigenvalue weighted by Gasteiger charge is -2.36. The normalized spacial score (nSPS) is 25.1. The molecular formula is C15H19NO. The number of anilines is 1. The number of Topliss-reactive ketones (excluding diaryl/α,β-unsaturated/α-hetero) is 1. The number of para-hydroxylation sites is 1. The summed E-state index contributed by atoms with van der Waals surface area (Å²) in [5.41, 5.74) is 2.87. The van der Waals surface area contributed by atoms with Crippen molar-refractivity contribution < 1.29 is 4.79 Å². The number of nitrogens with zero attached hydrogens (tertiary/aromatic N) is 1. The molecule has 1 heterocycles. The second-order valence-corrected chi connectivity index (χ2v) is 5.36. The molecule has 2 heteroatoms. The van der Waals surface area contributed by atoms with Gasteiger partial charge in [-0.3, -0.25) is 4.79 Å². The SMILES string of the molecule is CC1Cc2ccccc2N1C1CCC(=O)CC1. The van der Waals surface area contributed by atoms with Gasteiger partial charge in [-0.05, 0) is 37.8 Å². The van der Waals surface area contributed by atoms with Gasteiger partial charge in [-0.1, -0.05) is 18.2 Å². The first-order valence-corrected chi connectivity index (χ1v) is 6.63. The van der Waals surface area contributed by atoms with E-state index in [4.69, 9.17) is 0 Å². The van der Waals surface area contributed by atoms with Gasteiger partial charge in [0.05, 0.1) is 0 Å². The van der Waals surface area contributed by atoms with Gasteiger partial charge in [-0.2, -0.15) is 0 Å². The smallest absolute Gasteiger partial charge is 0.133 e. The fraction of sp³-hybridized carbons (Fsp3) is 0.533. The van der Waals surface area contributed by atoms with Crippen LogP contribution in [0.25, 0.3) is 0 Å². The number of hydrogen-bond acceptors (Lipinski definition) is 2. The van der Waals surface area contributed by atoms with Gasteiger partial charge >= 0.3 is 0 Å². The van der Waals surface area contributed by atoms with E-state index < -0.39 is 0 Å². The minimum absolute atomic E-state index is 0.446. The van der Waals surface area contributed by atoms with Crippen molar-refractivity contribution in [3.63, 3.8) is 0 Å². The first-order chi connectivity index (χ1) is 8.25. The van der Waals surface area contributed by atoms with Crippen LogP contribution >= 0.6 is 0 Å². The molecule has 1 aliphatic carbocycles. The van der Waals surface area contributed by atoms with Crippen LogP contribution in [0.3, 0.4) is 0 Å². The molecule has 1 unspecified atom stereocenters. The molecule has 1 fully saturated rings. The summed E-state index contributed by atoms with van der Waals surface area (Å²) in [7, 11) is 0. The van der Waals surface area contributed by atoms with Crippen LogP contribution in [0.15, 0.2) is 24.3 Å². The minimum atomic E-state index is 0.446. The van der Waals surface area contributed by atoms with Crippen LogP contribution in [0.1, 0.15) is 38.2 Å². The summed E-state index contributed by atoms with van der Waals surface area (Å²) < 4.78 is 0. The Morgan fingerprint density at radius 2 is 1.88 bits per heavy atom. The summed E-state index contributed by atoms with van der Waals surface area (Å²) in [5.74, 6) is 0.446. The highest BCUT2D eigenvalue weighted by Gasteiger charge is 2.33. The average molecular weight is 229 g/mol. The molecule has 1 aliphatic heterocycles. The number of carbonyl (C=O) groups is 1. The third-order valence-electron chi connectivity index (χ3n) is 4.17. The third kappa shape index (κ3) is 1.86. The van der Waals surface area contributed by atoms with Crippen molar-refractivity contribution in [1.29, 1.82) is 0 Å². The molecule has 17 heavy (non-hydrogen) atoms.